The zero-order chi connectivity index (χ0) is 11.0. The largest absolute Gasteiger partial charge is 0.489 e. The molecule has 0 aliphatic carbocycles. The zero-order valence-corrected chi connectivity index (χ0v) is 10.2. The highest BCUT2D eigenvalue weighted by atomic mass is 79.9. The van der Waals surface area contributed by atoms with Crippen molar-refractivity contribution in [3.05, 3.63) is 22.2 Å². The summed E-state index contributed by atoms with van der Waals surface area (Å²) in [4.78, 5) is 11.6. The Hall–Kier alpha value is -1.03. The molecular formula is C11H12BrNO2. The molecule has 1 aromatic rings. The molecule has 1 aliphatic rings. The first-order chi connectivity index (χ1) is 7.08. The molecule has 1 aromatic carbocycles. The van der Waals surface area contributed by atoms with Crippen LogP contribution in [0, 0.1) is 12.8 Å². The third-order valence-corrected chi connectivity index (χ3v) is 2.96. The van der Waals surface area contributed by atoms with Crippen LogP contribution in [0.4, 0.5) is 5.69 Å². The number of aryl methyl sites for hydroxylation is 1. The van der Waals surface area contributed by atoms with Gasteiger partial charge in [-0.3, -0.25) is 4.79 Å². The number of carbonyl (C=O) groups excluding carboxylic acids is 1. The number of rotatable bonds is 0. The Balaban J connectivity index is 2.47. The van der Waals surface area contributed by atoms with Gasteiger partial charge in [-0.1, -0.05) is 6.92 Å². The summed E-state index contributed by atoms with van der Waals surface area (Å²) in [5.41, 5.74) is 1.83. The summed E-state index contributed by atoms with van der Waals surface area (Å²) < 4.78 is 6.47. The van der Waals surface area contributed by atoms with E-state index in [9.17, 15) is 4.79 Å². The highest BCUT2D eigenvalue weighted by molar-refractivity contribution is 9.10. The number of nitrogens with one attached hydrogen (secondary N) is 1. The van der Waals surface area contributed by atoms with Crippen LogP contribution < -0.4 is 10.1 Å². The number of benzene rings is 1. The fraction of sp³-hybridized carbons (Fsp3) is 0.364. The summed E-state index contributed by atoms with van der Waals surface area (Å²) in [5.74, 6) is 0.606. The second kappa shape index (κ2) is 3.85. The van der Waals surface area contributed by atoms with Crippen LogP contribution in [0.15, 0.2) is 16.6 Å². The van der Waals surface area contributed by atoms with E-state index >= 15 is 0 Å². The quantitative estimate of drug-likeness (QED) is 0.787. The van der Waals surface area contributed by atoms with Gasteiger partial charge in [0.2, 0.25) is 5.91 Å². The van der Waals surface area contributed by atoms with Crippen molar-refractivity contribution in [1.82, 2.24) is 0 Å². The number of amides is 1. The van der Waals surface area contributed by atoms with Crippen molar-refractivity contribution in [2.24, 2.45) is 5.92 Å². The van der Waals surface area contributed by atoms with E-state index in [-0.39, 0.29) is 11.8 Å². The first-order valence-electron chi connectivity index (χ1n) is 4.81. The molecule has 15 heavy (non-hydrogen) atoms. The third-order valence-electron chi connectivity index (χ3n) is 2.37. The summed E-state index contributed by atoms with van der Waals surface area (Å²) in [6.07, 6.45) is 0. The molecule has 1 aliphatic heterocycles. The van der Waals surface area contributed by atoms with Gasteiger partial charge in [0.15, 0.2) is 5.75 Å². The van der Waals surface area contributed by atoms with Crippen molar-refractivity contribution < 1.29 is 9.53 Å². The van der Waals surface area contributed by atoms with Gasteiger partial charge in [-0.05, 0) is 40.5 Å². The molecule has 1 atom stereocenters. The van der Waals surface area contributed by atoms with Gasteiger partial charge in [0.05, 0.1) is 22.7 Å². The van der Waals surface area contributed by atoms with Crippen molar-refractivity contribution in [1.29, 1.82) is 0 Å². The van der Waals surface area contributed by atoms with Crippen LogP contribution in [0.1, 0.15) is 12.5 Å². The normalized spacial score (nSPS) is 19.9. The maximum atomic E-state index is 11.6. The van der Waals surface area contributed by atoms with Crippen LogP contribution in [0.5, 0.6) is 5.75 Å². The van der Waals surface area contributed by atoms with Crippen LogP contribution in [0.3, 0.4) is 0 Å². The number of anilines is 1. The van der Waals surface area contributed by atoms with E-state index in [1.165, 1.54) is 0 Å². The van der Waals surface area contributed by atoms with Crippen LogP contribution >= 0.6 is 15.9 Å². The van der Waals surface area contributed by atoms with Gasteiger partial charge in [0.25, 0.3) is 0 Å². The molecule has 1 amide bonds. The van der Waals surface area contributed by atoms with E-state index in [1.54, 1.807) is 0 Å². The van der Waals surface area contributed by atoms with Crippen LogP contribution in [0.25, 0.3) is 0 Å². The highest BCUT2D eigenvalue weighted by Gasteiger charge is 2.22. The lowest BCUT2D eigenvalue weighted by atomic mass is 10.2. The van der Waals surface area contributed by atoms with Crippen molar-refractivity contribution in [2.45, 2.75) is 13.8 Å². The summed E-state index contributed by atoms with van der Waals surface area (Å²) >= 11 is 3.43. The Morgan fingerprint density at radius 3 is 3.00 bits per heavy atom. The van der Waals surface area contributed by atoms with Gasteiger partial charge in [0, 0.05) is 0 Å². The molecule has 0 saturated carbocycles. The Labute approximate surface area is 96.9 Å². The van der Waals surface area contributed by atoms with Gasteiger partial charge >= 0.3 is 0 Å². The molecule has 0 spiro atoms. The smallest absolute Gasteiger partial charge is 0.230 e. The SMILES string of the molecule is Cc1cc(Br)c2c(c1)NC(=O)C(C)CO2. The average molecular weight is 270 g/mol. The monoisotopic (exact) mass is 269 g/mol. The molecule has 2 rings (SSSR count). The Kier molecular flexibility index (Phi) is 2.69. The standard InChI is InChI=1S/C11H12BrNO2/c1-6-3-8(12)10-9(4-6)13-11(14)7(2)5-15-10/h3-4,7H,5H2,1-2H3,(H,13,14). The predicted octanol–water partition coefficient (Wildman–Crippen LogP) is 2.72. The number of hydrogen-bond donors (Lipinski definition) is 1. The Morgan fingerprint density at radius 2 is 2.27 bits per heavy atom. The number of hydrogen-bond acceptors (Lipinski definition) is 2. The first-order valence-corrected chi connectivity index (χ1v) is 5.61. The lowest BCUT2D eigenvalue weighted by Gasteiger charge is -2.09. The van der Waals surface area contributed by atoms with E-state index in [4.69, 9.17) is 4.74 Å². The molecule has 0 fully saturated rings. The van der Waals surface area contributed by atoms with Crippen LogP contribution in [-0.4, -0.2) is 12.5 Å². The second-order valence-corrected chi connectivity index (χ2v) is 4.68. The predicted molar refractivity (Wildman–Crippen MR) is 62.2 cm³/mol. The van der Waals surface area contributed by atoms with Crippen molar-refractivity contribution in [3.63, 3.8) is 0 Å². The Morgan fingerprint density at radius 1 is 1.53 bits per heavy atom. The molecule has 0 bridgehead atoms. The van der Waals surface area contributed by atoms with E-state index in [0.717, 1.165) is 21.5 Å². The van der Waals surface area contributed by atoms with E-state index in [2.05, 4.69) is 21.2 Å². The minimum absolute atomic E-state index is 0.00579. The highest BCUT2D eigenvalue weighted by Crippen LogP contribution is 2.36. The number of fused-ring (bicyclic) bond motifs is 1. The maximum absolute atomic E-state index is 11.6. The molecule has 4 heteroatoms. The van der Waals surface area contributed by atoms with Crippen molar-refractivity contribution in [2.75, 3.05) is 11.9 Å². The fourth-order valence-corrected chi connectivity index (χ4v) is 2.20. The summed E-state index contributed by atoms with van der Waals surface area (Å²) in [5, 5.41) is 2.86. The zero-order valence-electron chi connectivity index (χ0n) is 8.63. The van der Waals surface area contributed by atoms with Crippen molar-refractivity contribution >= 4 is 27.5 Å². The minimum atomic E-state index is -0.121. The molecule has 3 nitrogen and oxygen atoms in total. The molecule has 80 valence electrons. The fourth-order valence-electron chi connectivity index (χ4n) is 1.51. The molecule has 1 heterocycles. The summed E-state index contributed by atoms with van der Waals surface area (Å²) in [7, 11) is 0. The maximum Gasteiger partial charge on any atom is 0.230 e. The summed E-state index contributed by atoms with van der Waals surface area (Å²) in [6.45, 7) is 4.24. The van der Waals surface area contributed by atoms with Gasteiger partial charge in [0.1, 0.15) is 0 Å². The van der Waals surface area contributed by atoms with E-state index < -0.39 is 0 Å². The van der Waals surface area contributed by atoms with Gasteiger partial charge in [-0.2, -0.15) is 0 Å². The van der Waals surface area contributed by atoms with Gasteiger partial charge in [-0.25, -0.2) is 0 Å². The number of ether oxygens (including phenoxy) is 1. The third kappa shape index (κ3) is 2.00. The lowest BCUT2D eigenvalue weighted by molar-refractivity contribution is -0.119. The first kappa shape index (κ1) is 10.5. The van der Waals surface area contributed by atoms with Crippen LogP contribution in [-0.2, 0) is 4.79 Å². The molecule has 0 saturated heterocycles. The second-order valence-electron chi connectivity index (χ2n) is 3.82. The molecular weight excluding hydrogens is 258 g/mol. The van der Waals surface area contributed by atoms with Gasteiger partial charge < -0.3 is 10.1 Å². The number of carbonyl (C=O) groups is 1. The van der Waals surface area contributed by atoms with Crippen LogP contribution in [0.2, 0.25) is 0 Å². The molecule has 0 aromatic heterocycles. The molecule has 0 radical (unpaired) electrons. The average Bonchev–Trinajstić information content (AvgIpc) is 2.27. The minimum Gasteiger partial charge on any atom is -0.489 e. The Bertz CT molecular complexity index is 417. The number of halogens is 1. The molecule has 1 unspecified atom stereocenters. The lowest BCUT2D eigenvalue weighted by Crippen LogP contribution is -2.22. The van der Waals surface area contributed by atoms with E-state index in [1.807, 2.05) is 26.0 Å². The molecule has 1 N–H and O–H groups in total. The van der Waals surface area contributed by atoms with Crippen molar-refractivity contribution in [3.8, 4) is 5.75 Å². The topological polar surface area (TPSA) is 38.3 Å². The van der Waals surface area contributed by atoms with E-state index in [0.29, 0.717) is 6.61 Å². The summed E-state index contributed by atoms with van der Waals surface area (Å²) in [6, 6.07) is 3.89. The van der Waals surface area contributed by atoms with Gasteiger partial charge in [-0.15, -0.1) is 0 Å².